The first-order chi connectivity index (χ1) is 20.4. The van der Waals surface area contributed by atoms with Crippen LogP contribution in [0, 0.1) is 32.8 Å². The van der Waals surface area contributed by atoms with Gasteiger partial charge in [-0.3, -0.25) is 19.7 Å². The number of carbonyl (C=O) groups is 3. The number of para-hydroxylation sites is 1. The lowest BCUT2D eigenvalue weighted by atomic mass is 9.50. The molecule has 0 N–H and O–H groups in total. The summed E-state index contributed by atoms with van der Waals surface area (Å²) >= 11 is 0. The molecule has 0 saturated heterocycles. The number of benzene rings is 1. The third-order valence-electron chi connectivity index (χ3n) is 10.8. The first kappa shape index (κ1) is 29.0. The number of carbonyl (C=O) groups excluding carboxylic acids is 3. The molecule has 6 rings (SSSR count). The number of fused-ring (bicyclic) bond motifs is 4. The molecule has 2 aromatic rings. The smallest absolute Gasteiger partial charge is 0.345 e. The summed E-state index contributed by atoms with van der Waals surface area (Å²) in [6.45, 7) is 5.72. The number of hydrogen-bond acceptors (Lipinski definition) is 9. The maximum absolute atomic E-state index is 14.1. The molecule has 0 aliphatic heterocycles. The van der Waals surface area contributed by atoms with E-state index in [-0.39, 0.29) is 46.4 Å². The van der Waals surface area contributed by atoms with Crippen LogP contribution in [0.5, 0.6) is 0 Å². The van der Waals surface area contributed by atoms with Crippen LogP contribution in [-0.4, -0.2) is 34.9 Å². The summed E-state index contributed by atoms with van der Waals surface area (Å²) in [6, 6.07) is 8.78. The zero-order valence-electron chi connectivity index (χ0n) is 24.5. The summed E-state index contributed by atoms with van der Waals surface area (Å²) < 4.78 is 16.9. The molecule has 2 saturated carbocycles. The number of hydrogen-bond donors (Lipinski definition) is 0. The molecule has 43 heavy (non-hydrogen) atoms. The fourth-order valence-electron chi connectivity index (χ4n) is 8.72. The van der Waals surface area contributed by atoms with Crippen molar-refractivity contribution in [2.24, 2.45) is 22.7 Å². The van der Waals surface area contributed by atoms with E-state index in [4.69, 9.17) is 13.9 Å². The normalized spacial score (nSPS) is 33.2. The lowest BCUT2D eigenvalue weighted by Gasteiger charge is -2.54. The summed E-state index contributed by atoms with van der Waals surface area (Å²) in [4.78, 5) is 62.1. The van der Waals surface area contributed by atoms with Crippen molar-refractivity contribution in [1.29, 1.82) is 0 Å². The fourth-order valence-corrected chi connectivity index (χ4v) is 8.72. The molecule has 1 heterocycles. The van der Waals surface area contributed by atoms with Gasteiger partial charge >= 0.3 is 17.6 Å². The van der Waals surface area contributed by atoms with Crippen LogP contribution < -0.4 is 5.63 Å². The van der Waals surface area contributed by atoms with E-state index >= 15 is 0 Å². The van der Waals surface area contributed by atoms with E-state index in [9.17, 15) is 29.3 Å². The van der Waals surface area contributed by atoms with Crippen LogP contribution in [0.1, 0.15) is 87.6 Å². The molecular formula is C33H35NO9. The summed E-state index contributed by atoms with van der Waals surface area (Å²) in [7, 11) is 0. The van der Waals surface area contributed by atoms with E-state index < -0.39 is 34.0 Å². The number of ketones is 1. The van der Waals surface area contributed by atoms with Crippen LogP contribution in [0.25, 0.3) is 0 Å². The van der Waals surface area contributed by atoms with Crippen molar-refractivity contribution in [2.45, 2.75) is 83.8 Å². The van der Waals surface area contributed by atoms with Gasteiger partial charge in [0.2, 0.25) is 0 Å². The van der Waals surface area contributed by atoms with E-state index in [0.29, 0.717) is 32.1 Å². The van der Waals surface area contributed by atoms with Crippen molar-refractivity contribution in [3.8, 4) is 0 Å². The van der Waals surface area contributed by atoms with Gasteiger partial charge < -0.3 is 13.9 Å². The molecule has 7 unspecified atom stereocenters. The Kier molecular flexibility index (Phi) is 7.13. The van der Waals surface area contributed by atoms with Crippen LogP contribution >= 0.6 is 0 Å². The van der Waals surface area contributed by atoms with Crippen LogP contribution in [0.3, 0.4) is 0 Å². The molecule has 4 aliphatic carbocycles. The molecule has 10 nitrogen and oxygen atoms in total. The standard InChI is InChI=1S/C33H35NO9/c1-18(35)42-21-10-12-32(2)20(14-21)15-26(36)29-23(32)11-13-33(3)24(19-8-9-28(37)41-17-19)16-27(30(29)33)43-31(38)22-6-4-5-7-25(22)34(39)40/h4-9,17,20-21,24,27,30H,10-16H2,1-3H3. The van der Waals surface area contributed by atoms with Crippen LogP contribution in [-0.2, 0) is 19.1 Å². The van der Waals surface area contributed by atoms with Crippen LogP contribution in [0.4, 0.5) is 5.69 Å². The zero-order valence-corrected chi connectivity index (χ0v) is 24.5. The van der Waals surface area contributed by atoms with Crippen molar-refractivity contribution in [1.82, 2.24) is 0 Å². The quantitative estimate of drug-likeness (QED) is 0.244. The average Bonchev–Trinajstić information content (AvgIpc) is 3.25. The Morgan fingerprint density at radius 3 is 2.51 bits per heavy atom. The third-order valence-corrected chi connectivity index (χ3v) is 10.8. The Hall–Kier alpha value is -4.08. The first-order valence-electron chi connectivity index (χ1n) is 14.9. The number of rotatable bonds is 5. The van der Waals surface area contributed by atoms with Crippen molar-refractivity contribution in [3.63, 3.8) is 0 Å². The largest absolute Gasteiger partial charge is 0.463 e. The van der Waals surface area contributed by atoms with E-state index in [2.05, 4.69) is 13.8 Å². The number of esters is 2. The molecule has 4 aliphatic rings. The summed E-state index contributed by atoms with van der Waals surface area (Å²) in [5.74, 6) is -1.68. The van der Waals surface area contributed by atoms with Crippen molar-refractivity contribution in [3.05, 3.63) is 85.5 Å². The van der Waals surface area contributed by atoms with Gasteiger partial charge in [0.15, 0.2) is 5.78 Å². The number of Topliss-reactive ketones (excluding diaryl/α,β-unsaturated/α-hetero) is 1. The van der Waals surface area contributed by atoms with Crippen LogP contribution in [0.15, 0.2) is 63.0 Å². The molecule has 1 aromatic heterocycles. The van der Waals surface area contributed by atoms with Gasteiger partial charge in [-0.15, -0.1) is 0 Å². The highest BCUT2D eigenvalue weighted by Gasteiger charge is 2.62. The Bertz CT molecular complexity index is 1590. The van der Waals surface area contributed by atoms with E-state index in [1.54, 1.807) is 12.1 Å². The van der Waals surface area contributed by atoms with Gasteiger partial charge in [-0.1, -0.05) is 31.6 Å². The maximum atomic E-state index is 14.1. The van der Waals surface area contributed by atoms with Gasteiger partial charge in [0.05, 0.1) is 11.2 Å². The molecule has 0 amide bonds. The molecular weight excluding hydrogens is 554 g/mol. The van der Waals surface area contributed by atoms with Crippen molar-refractivity contribution in [2.75, 3.05) is 0 Å². The Morgan fingerprint density at radius 2 is 1.81 bits per heavy atom. The Labute approximate surface area is 248 Å². The predicted octanol–water partition coefficient (Wildman–Crippen LogP) is 5.68. The molecule has 2 fully saturated rings. The predicted molar refractivity (Wildman–Crippen MR) is 153 cm³/mol. The fraction of sp³-hybridized carbons (Fsp3) is 0.515. The van der Waals surface area contributed by atoms with Crippen molar-refractivity contribution < 1.29 is 33.2 Å². The second-order valence-electron chi connectivity index (χ2n) is 13.0. The highest BCUT2D eigenvalue weighted by molar-refractivity contribution is 5.99. The minimum Gasteiger partial charge on any atom is -0.463 e. The van der Waals surface area contributed by atoms with E-state index in [0.717, 1.165) is 29.6 Å². The summed E-state index contributed by atoms with van der Waals surface area (Å²) in [5, 5.41) is 11.7. The number of ether oxygens (including phenoxy) is 2. The summed E-state index contributed by atoms with van der Waals surface area (Å²) in [6.07, 6.45) is 4.75. The van der Waals surface area contributed by atoms with Gasteiger partial charge in [0.1, 0.15) is 17.8 Å². The second kappa shape index (κ2) is 10.6. The molecule has 226 valence electrons. The lowest BCUT2D eigenvalue weighted by Crippen LogP contribution is -2.49. The van der Waals surface area contributed by atoms with Gasteiger partial charge in [-0.25, -0.2) is 9.59 Å². The minimum absolute atomic E-state index is 0.0175. The molecule has 0 radical (unpaired) electrons. The average molecular weight is 590 g/mol. The lowest BCUT2D eigenvalue weighted by molar-refractivity contribution is -0.385. The topological polar surface area (TPSA) is 143 Å². The maximum Gasteiger partial charge on any atom is 0.345 e. The highest BCUT2D eigenvalue weighted by atomic mass is 16.6. The zero-order chi connectivity index (χ0) is 30.7. The third kappa shape index (κ3) is 4.80. The summed E-state index contributed by atoms with van der Waals surface area (Å²) in [5.41, 5.74) is 0.900. The SMILES string of the molecule is CC(=O)OC1CCC2(C)C3=C(C(=O)CC2C1)C1C(OC(=O)c2ccccc2[N+](=O)[O-])CC(c2ccc(=O)oc2)C1(C)CC3. The van der Waals surface area contributed by atoms with Crippen LogP contribution in [0.2, 0.25) is 0 Å². The molecule has 10 heteroatoms. The second-order valence-corrected chi connectivity index (χ2v) is 13.0. The van der Waals surface area contributed by atoms with E-state index in [1.165, 1.54) is 37.5 Å². The van der Waals surface area contributed by atoms with E-state index in [1.807, 2.05) is 0 Å². The Balaban J connectivity index is 1.42. The van der Waals surface area contributed by atoms with Gasteiger partial charge in [-0.2, -0.15) is 0 Å². The molecule has 0 bridgehead atoms. The van der Waals surface area contributed by atoms with Gasteiger partial charge in [-0.05, 0) is 78.9 Å². The Morgan fingerprint density at radius 1 is 1.05 bits per heavy atom. The van der Waals surface area contributed by atoms with Crippen molar-refractivity contribution >= 4 is 23.4 Å². The molecule has 0 spiro atoms. The van der Waals surface area contributed by atoms with Gasteiger partial charge in [0, 0.05) is 37.0 Å². The number of nitrogens with zero attached hydrogens (tertiary/aromatic N) is 1. The monoisotopic (exact) mass is 589 g/mol. The van der Waals surface area contributed by atoms with Gasteiger partial charge in [0.25, 0.3) is 5.69 Å². The first-order valence-corrected chi connectivity index (χ1v) is 14.9. The number of nitro groups is 1. The molecule has 7 atom stereocenters. The highest BCUT2D eigenvalue weighted by Crippen LogP contribution is 2.66. The number of nitro benzene ring substituents is 1. The minimum atomic E-state index is -0.804. The molecule has 1 aromatic carbocycles. The number of allylic oxidation sites excluding steroid dienone is 1.